The number of ether oxygens (including phenoxy) is 1. The average Bonchev–Trinajstić information content (AvgIpc) is 3.34. The van der Waals surface area contributed by atoms with Crippen molar-refractivity contribution >= 4 is 26.8 Å². The van der Waals surface area contributed by atoms with E-state index in [4.69, 9.17) is 9.15 Å². The largest absolute Gasteiger partial charge is 0.463 e. The van der Waals surface area contributed by atoms with E-state index in [0.717, 1.165) is 31.8 Å². The molecule has 0 spiro atoms. The third-order valence-corrected chi connectivity index (χ3v) is 6.73. The highest BCUT2D eigenvalue weighted by molar-refractivity contribution is 9.10. The Balaban J connectivity index is 2.02. The van der Waals surface area contributed by atoms with Crippen molar-refractivity contribution in [2.24, 2.45) is 14.1 Å². The van der Waals surface area contributed by atoms with Gasteiger partial charge in [-0.15, -0.1) is 0 Å². The summed E-state index contributed by atoms with van der Waals surface area (Å²) in [4.78, 5) is 26.4. The molecule has 0 fully saturated rings. The van der Waals surface area contributed by atoms with Crippen LogP contribution in [0.1, 0.15) is 37.2 Å². The van der Waals surface area contributed by atoms with Crippen LogP contribution in [-0.4, -0.2) is 20.3 Å². The number of furan rings is 1. The molecule has 1 aliphatic rings. The van der Waals surface area contributed by atoms with E-state index in [2.05, 4.69) is 34.3 Å². The van der Waals surface area contributed by atoms with Crippen molar-refractivity contribution in [2.45, 2.75) is 32.4 Å². The minimum atomic E-state index is -0.541. The molecule has 0 saturated heterocycles. The molecule has 0 amide bonds. The number of nitrogens with zero attached hydrogens (tertiary/aromatic N) is 3. The molecule has 0 unspecified atom stereocenters. The van der Waals surface area contributed by atoms with Gasteiger partial charge in [0, 0.05) is 18.6 Å². The first-order valence-electron chi connectivity index (χ1n) is 10.4. The van der Waals surface area contributed by atoms with Gasteiger partial charge in [0.1, 0.15) is 11.5 Å². The Labute approximate surface area is 193 Å². The zero-order valence-electron chi connectivity index (χ0n) is 18.6. The molecule has 0 bridgehead atoms. The second-order valence-electron chi connectivity index (χ2n) is 8.96. The first-order chi connectivity index (χ1) is 15.1. The molecular formula is C24H24BrN3O4. The van der Waals surface area contributed by atoms with E-state index in [-0.39, 0.29) is 11.2 Å². The Morgan fingerprint density at radius 2 is 1.72 bits per heavy atom. The van der Waals surface area contributed by atoms with Crippen molar-refractivity contribution in [3.05, 3.63) is 78.9 Å². The van der Waals surface area contributed by atoms with Crippen LogP contribution in [0.25, 0.3) is 22.2 Å². The van der Waals surface area contributed by atoms with Crippen molar-refractivity contribution in [1.29, 1.82) is 0 Å². The van der Waals surface area contributed by atoms with Gasteiger partial charge in [-0.3, -0.25) is 13.9 Å². The summed E-state index contributed by atoms with van der Waals surface area (Å²) in [6.45, 7) is 6.45. The predicted molar refractivity (Wildman–Crippen MR) is 126 cm³/mol. The molecule has 3 aromatic heterocycles. The number of rotatable bonds is 2. The smallest absolute Gasteiger partial charge is 0.331 e. The lowest BCUT2D eigenvalue weighted by atomic mass is 10.0. The minimum absolute atomic E-state index is 0.326. The maximum absolute atomic E-state index is 13.5. The van der Waals surface area contributed by atoms with Gasteiger partial charge in [-0.05, 0) is 50.6 Å². The van der Waals surface area contributed by atoms with Crippen molar-refractivity contribution in [2.75, 3.05) is 6.61 Å². The molecule has 4 heterocycles. The maximum atomic E-state index is 13.5. The van der Waals surface area contributed by atoms with Crippen LogP contribution in [0.2, 0.25) is 0 Å². The Morgan fingerprint density at radius 3 is 2.34 bits per heavy atom. The Kier molecular flexibility index (Phi) is 4.65. The van der Waals surface area contributed by atoms with E-state index in [1.54, 1.807) is 11.6 Å². The normalized spacial score (nSPS) is 17.6. The van der Waals surface area contributed by atoms with Gasteiger partial charge in [0.25, 0.3) is 5.56 Å². The number of aromatic nitrogens is 3. The van der Waals surface area contributed by atoms with Crippen molar-refractivity contribution in [3.63, 3.8) is 0 Å². The van der Waals surface area contributed by atoms with E-state index in [9.17, 15) is 9.59 Å². The summed E-state index contributed by atoms with van der Waals surface area (Å²) in [5, 5.41) is 0.499. The third kappa shape index (κ3) is 2.89. The summed E-state index contributed by atoms with van der Waals surface area (Å²) < 4.78 is 18.1. The lowest BCUT2D eigenvalue weighted by Gasteiger charge is -2.38. The first-order valence-corrected chi connectivity index (χ1v) is 11.2. The number of fused-ring (bicyclic) bond motifs is 3. The number of aryl methyl sites for hydroxylation is 2. The standard InChI is InChI=1S/C24H24BrN3O4/c1-13-6-11-16(32-13)21-20-19-17(22(29)27(5)23(30)26(19)4)18(14-7-9-15(25)10-8-14)28(20)24(2,3)12-31-21/h6-11,21H,12H2,1-5H3/t21-/m0/s1. The minimum Gasteiger partial charge on any atom is -0.463 e. The SMILES string of the molecule is Cc1ccc([C@@H]2OCC(C)(C)n3c(-c4ccc(Br)cc4)c4c(=O)n(C)c(=O)n(C)c4c32)o1. The van der Waals surface area contributed by atoms with Crippen molar-refractivity contribution < 1.29 is 9.15 Å². The monoisotopic (exact) mass is 497 g/mol. The second kappa shape index (κ2) is 7.08. The summed E-state index contributed by atoms with van der Waals surface area (Å²) in [6, 6.07) is 11.6. The lowest BCUT2D eigenvalue weighted by molar-refractivity contribution is -0.0166. The number of halogens is 1. The van der Waals surface area contributed by atoms with Gasteiger partial charge in [-0.25, -0.2) is 4.79 Å². The summed E-state index contributed by atoms with van der Waals surface area (Å²) in [7, 11) is 3.21. The lowest BCUT2D eigenvalue weighted by Crippen LogP contribution is -2.40. The van der Waals surface area contributed by atoms with Crippen LogP contribution in [0.3, 0.4) is 0 Å². The average molecular weight is 498 g/mol. The zero-order chi connectivity index (χ0) is 22.9. The predicted octanol–water partition coefficient (Wildman–Crippen LogP) is 4.22. The number of hydrogen-bond acceptors (Lipinski definition) is 4. The van der Waals surface area contributed by atoms with Crippen LogP contribution in [-0.2, 0) is 24.4 Å². The quantitative estimate of drug-likeness (QED) is 0.415. The van der Waals surface area contributed by atoms with Gasteiger partial charge in [0.2, 0.25) is 0 Å². The van der Waals surface area contributed by atoms with Gasteiger partial charge >= 0.3 is 5.69 Å². The van der Waals surface area contributed by atoms with E-state index >= 15 is 0 Å². The van der Waals surface area contributed by atoms with Crippen LogP contribution in [0, 0.1) is 6.92 Å². The fraction of sp³-hybridized carbons (Fsp3) is 0.333. The molecule has 0 N–H and O–H groups in total. The molecule has 7 nitrogen and oxygen atoms in total. The van der Waals surface area contributed by atoms with Crippen LogP contribution >= 0.6 is 15.9 Å². The van der Waals surface area contributed by atoms with Gasteiger partial charge < -0.3 is 13.7 Å². The molecular weight excluding hydrogens is 474 g/mol. The topological polar surface area (TPSA) is 71.3 Å². The highest BCUT2D eigenvalue weighted by Crippen LogP contribution is 2.45. The molecule has 8 heteroatoms. The summed E-state index contributed by atoms with van der Waals surface area (Å²) in [6.07, 6.45) is -0.541. The Bertz CT molecular complexity index is 1480. The highest BCUT2D eigenvalue weighted by Gasteiger charge is 2.41. The molecule has 0 aliphatic carbocycles. The molecule has 4 aromatic rings. The molecule has 32 heavy (non-hydrogen) atoms. The van der Waals surface area contributed by atoms with E-state index in [1.807, 2.05) is 43.3 Å². The van der Waals surface area contributed by atoms with E-state index in [1.165, 1.54) is 7.05 Å². The third-order valence-electron chi connectivity index (χ3n) is 6.20. The Hall–Kier alpha value is -2.84. The molecule has 0 radical (unpaired) electrons. The summed E-state index contributed by atoms with van der Waals surface area (Å²) in [5.74, 6) is 1.42. The zero-order valence-corrected chi connectivity index (χ0v) is 20.2. The van der Waals surface area contributed by atoms with Gasteiger partial charge in [0.05, 0.1) is 34.4 Å². The maximum Gasteiger partial charge on any atom is 0.331 e. The van der Waals surface area contributed by atoms with Crippen molar-refractivity contribution in [1.82, 2.24) is 13.7 Å². The molecule has 1 atom stereocenters. The van der Waals surface area contributed by atoms with Crippen molar-refractivity contribution in [3.8, 4) is 11.3 Å². The van der Waals surface area contributed by atoms with Crippen LogP contribution < -0.4 is 11.2 Å². The Morgan fingerprint density at radius 1 is 1.03 bits per heavy atom. The fourth-order valence-corrected chi connectivity index (χ4v) is 4.95. The van der Waals surface area contributed by atoms with Gasteiger partial charge in [-0.1, -0.05) is 28.1 Å². The number of benzene rings is 1. The molecule has 5 rings (SSSR count). The van der Waals surface area contributed by atoms with Crippen LogP contribution in [0.15, 0.2) is 54.9 Å². The van der Waals surface area contributed by atoms with Gasteiger partial charge in [-0.2, -0.15) is 0 Å². The van der Waals surface area contributed by atoms with E-state index in [0.29, 0.717) is 23.3 Å². The summed E-state index contributed by atoms with van der Waals surface area (Å²) in [5.41, 5.74) is 1.83. The molecule has 166 valence electrons. The van der Waals surface area contributed by atoms with Crippen LogP contribution in [0.4, 0.5) is 0 Å². The fourth-order valence-electron chi connectivity index (χ4n) is 4.69. The summed E-state index contributed by atoms with van der Waals surface area (Å²) >= 11 is 3.50. The van der Waals surface area contributed by atoms with E-state index < -0.39 is 11.6 Å². The first kappa shape index (κ1) is 21.0. The van der Waals surface area contributed by atoms with Crippen LogP contribution in [0.5, 0.6) is 0 Å². The molecule has 1 aliphatic heterocycles. The number of hydrogen-bond donors (Lipinski definition) is 0. The molecule has 0 saturated carbocycles. The highest BCUT2D eigenvalue weighted by atomic mass is 79.9. The molecule has 1 aromatic carbocycles. The van der Waals surface area contributed by atoms with Gasteiger partial charge in [0.15, 0.2) is 6.10 Å². The second-order valence-corrected chi connectivity index (χ2v) is 9.87.